The van der Waals surface area contributed by atoms with E-state index in [1.165, 1.54) is 5.56 Å². The summed E-state index contributed by atoms with van der Waals surface area (Å²) in [6, 6.07) is 10.6. The SMILES string of the molecule is Cc1cc(O)ccc1NC(=O)c1ccc2c(c1)CCN2. The first-order valence-corrected chi connectivity index (χ1v) is 6.61. The molecule has 2 aromatic rings. The second-order valence-corrected chi connectivity index (χ2v) is 5.00. The summed E-state index contributed by atoms with van der Waals surface area (Å²) in [5, 5.41) is 15.5. The summed E-state index contributed by atoms with van der Waals surface area (Å²) in [5.74, 6) is 0.0672. The molecule has 3 N–H and O–H groups in total. The lowest BCUT2D eigenvalue weighted by molar-refractivity contribution is 0.102. The number of carbonyl (C=O) groups is 1. The minimum absolute atomic E-state index is 0.131. The second-order valence-electron chi connectivity index (χ2n) is 5.00. The number of anilines is 2. The highest BCUT2D eigenvalue weighted by molar-refractivity contribution is 6.05. The molecule has 2 aromatic carbocycles. The van der Waals surface area contributed by atoms with Crippen LogP contribution in [0.15, 0.2) is 36.4 Å². The zero-order chi connectivity index (χ0) is 14.1. The van der Waals surface area contributed by atoms with Crippen molar-refractivity contribution < 1.29 is 9.90 Å². The van der Waals surface area contributed by atoms with E-state index >= 15 is 0 Å². The average molecular weight is 268 g/mol. The van der Waals surface area contributed by atoms with E-state index in [1.807, 2.05) is 25.1 Å². The van der Waals surface area contributed by atoms with Crippen molar-refractivity contribution in [3.63, 3.8) is 0 Å². The van der Waals surface area contributed by atoms with E-state index in [0.29, 0.717) is 11.3 Å². The lowest BCUT2D eigenvalue weighted by Crippen LogP contribution is -2.12. The van der Waals surface area contributed by atoms with Crippen molar-refractivity contribution in [2.45, 2.75) is 13.3 Å². The summed E-state index contributed by atoms with van der Waals surface area (Å²) < 4.78 is 0. The normalized spacial score (nSPS) is 12.7. The summed E-state index contributed by atoms with van der Waals surface area (Å²) in [4.78, 5) is 12.3. The molecular weight excluding hydrogens is 252 g/mol. The molecule has 4 heteroatoms. The minimum atomic E-state index is -0.131. The van der Waals surface area contributed by atoms with Gasteiger partial charge in [0.1, 0.15) is 5.75 Å². The van der Waals surface area contributed by atoms with Gasteiger partial charge in [0.25, 0.3) is 5.91 Å². The Morgan fingerprint density at radius 3 is 2.90 bits per heavy atom. The van der Waals surface area contributed by atoms with Crippen molar-refractivity contribution in [2.75, 3.05) is 17.2 Å². The number of amides is 1. The number of phenols is 1. The van der Waals surface area contributed by atoms with Crippen molar-refractivity contribution >= 4 is 17.3 Å². The van der Waals surface area contributed by atoms with E-state index in [4.69, 9.17) is 0 Å². The van der Waals surface area contributed by atoms with Gasteiger partial charge in [-0.25, -0.2) is 0 Å². The van der Waals surface area contributed by atoms with Crippen molar-refractivity contribution in [1.82, 2.24) is 0 Å². The molecule has 102 valence electrons. The molecule has 0 aliphatic carbocycles. The Labute approximate surface area is 117 Å². The van der Waals surface area contributed by atoms with Gasteiger partial charge in [-0.1, -0.05) is 0 Å². The molecular formula is C16H16N2O2. The molecule has 0 atom stereocenters. The molecule has 3 rings (SSSR count). The molecule has 0 saturated heterocycles. The first-order valence-electron chi connectivity index (χ1n) is 6.61. The van der Waals surface area contributed by atoms with Crippen molar-refractivity contribution in [1.29, 1.82) is 0 Å². The molecule has 0 saturated carbocycles. The Balaban J connectivity index is 1.82. The van der Waals surface area contributed by atoms with E-state index < -0.39 is 0 Å². The number of phenolic OH excluding ortho intramolecular Hbond substituents is 1. The molecule has 0 spiro atoms. The number of rotatable bonds is 2. The Morgan fingerprint density at radius 2 is 2.10 bits per heavy atom. The number of hydrogen-bond donors (Lipinski definition) is 3. The smallest absolute Gasteiger partial charge is 0.255 e. The summed E-state index contributed by atoms with van der Waals surface area (Å²) in [7, 11) is 0. The number of nitrogens with one attached hydrogen (secondary N) is 2. The second kappa shape index (κ2) is 4.89. The van der Waals surface area contributed by atoms with Crippen LogP contribution in [-0.2, 0) is 6.42 Å². The largest absolute Gasteiger partial charge is 0.508 e. The summed E-state index contributed by atoms with van der Waals surface area (Å²) in [6.45, 7) is 2.78. The highest BCUT2D eigenvalue weighted by Gasteiger charge is 2.14. The third-order valence-electron chi connectivity index (χ3n) is 3.54. The number of benzene rings is 2. The average Bonchev–Trinajstić information content (AvgIpc) is 2.89. The van der Waals surface area contributed by atoms with E-state index in [1.54, 1.807) is 18.2 Å². The molecule has 0 unspecified atom stereocenters. The van der Waals surface area contributed by atoms with Crippen molar-refractivity contribution in [2.24, 2.45) is 0 Å². The van der Waals surface area contributed by atoms with E-state index in [-0.39, 0.29) is 11.7 Å². The Bertz CT molecular complexity index is 680. The van der Waals surface area contributed by atoms with Gasteiger partial charge in [-0.2, -0.15) is 0 Å². The lowest BCUT2D eigenvalue weighted by atomic mass is 10.1. The van der Waals surface area contributed by atoms with Crippen LogP contribution in [-0.4, -0.2) is 17.6 Å². The molecule has 0 aromatic heterocycles. The van der Waals surface area contributed by atoms with Crippen molar-refractivity contribution in [3.05, 3.63) is 53.1 Å². The number of fused-ring (bicyclic) bond motifs is 1. The molecule has 1 amide bonds. The maximum atomic E-state index is 12.3. The van der Waals surface area contributed by atoms with Gasteiger partial charge in [0.2, 0.25) is 0 Å². The summed E-state index contributed by atoms with van der Waals surface area (Å²) in [6.07, 6.45) is 0.953. The lowest BCUT2D eigenvalue weighted by Gasteiger charge is -2.09. The fourth-order valence-electron chi connectivity index (χ4n) is 2.43. The maximum Gasteiger partial charge on any atom is 0.255 e. The summed E-state index contributed by atoms with van der Waals surface area (Å²) in [5.41, 5.74) is 4.50. The van der Waals surface area contributed by atoms with Crippen molar-refractivity contribution in [3.8, 4) is 5.75 Å². The van der Waals surface area contributed by atoms with Crippen LogP contribution >= 0.6 is 0 Å². The van der Waals surface area contributed by atoms with Gasteiger partial charge in [0.05, 0.1) is 0 Å². The Hall–Kier alpha value is -2.49. The molecule has 0 radical (unpaired) electrons. The van der Waals surface area contributed by atoms with Crippen LogP contribution < -0.4 is 10.6 Å². The monoisotopic (exact) mass is 268 g/mol. The fraction of sp³-hybridized carbons (Fsp3) is 0.188. The van der Waals surface area contributed by atoms with Crippen LogP contribution in [0.5, 0.6) is 5.75 Å². The highest BCUT2D eigenvalue weighted by Crippen LogP contribution is 2.24. The van der Waals surface area contributed by atoms with Crippen LogP contribution in [0.2, 0.25) is 0 Å². The molecule has 1 aliphatic heterocycles. The van der Waals surface area contributed by atoms with Gasteiger partial charge >= 0.3 is 0 Å². The first kappa shape index (κ1) is 12.5. The fourth-order valence-corrected chi connectivity index (χ4v) is 2.43. The molecule has 0 bridgehead atoms. The molecule has 1 heterocycles. The summed E-state index contributed by atoms with van der Waals surface area (Å²) >= 11 is 0. The van der Waals surface area contributed by atoms with Gasteiger partial charge in [0.15, 0.2) is 0 Å². The van der Waals surface area contributed by atoms with Crippen LogP contribution in [0, 0.1) is 6.92 Å². The van der Waals surface area contributed by atoms with Gasteiger partial charge in [-0.15, -0.1) is 0 Å². The molecule has 4 nitrogen and oxygen atoms in total. The molecule has 0 fully saturated rings. The van der Waals surface area contributed by atoms with Gasteiger partial charge < -0.3 is 15.7 Å². The Morgan fingerprint density at radius 1 is 1.25 bits per heavy atom. The third-order valence-corrected chi connectivity index (χ3v) is 3.54. The van der Waals surface area contributed by atoms with E-state index in [2.05, 4.69) is 10.6 Å². The third kappa shape index (κ3) is 2.32. The highest BCUT2D eigenvalue weighted by atomic mass is 16.3. The van der Waals surface area contributed by atoms with E-state index in [0.717, 1.165) is 24.2 Å². The minimum Gasteiger partial charge on any atom is -0.508 e. The quantitative estimate of drug-likeness (QED) is 0.734. The van der Waals surface area contributed by atoms with Crippen LogP contribution in [0.3, 0.4) is 0 Å². The van der Waals surface area contributed by atoms with Crippen LogP contribution in [0.4, 0.5) is 11.4 Å². The molecule has 1 aliphatic rings. The maximum absolute atomic E-state index is 12.3. The zero-order valence-electron chi connectivity index (χ0n) is 11.2. The zero-order valence-corrected chi connectivity index (χ0v) is 11.2. The molecule has 20 heavy (non-hydrogen) atoms. The number of carbonyl (C=O) groups excluding carboxylic acids is 1. The van der Waals surface area contributed by atoms with E-state index in [9.17, 15) is 9.90 Å². The number of aromatic hydroxyl groups is 1. The van der Waals surface area contributed by atoms with Gasteiger partial charge in [-0.3, -0.25) is 4.79 Å². The van der Waals surface area contributed by atoms with Gasteiger partial charge in [-0.05, 0) is 60.9 Å². The predicted octanol–water partition coefficient (Wildman–Crippen LogP) is 2.92. The topological polar surface area (TPSA) is 61.4 Å². The predicted molar refractivity (Wildman–Crippen MR) is 79.4 cm³/mol. The number of aryl methyl sites for hydroxylation is 1. The first-order chi connectivity index (χ1) is 9.63. The Kier molecular flexibility index (Phi) is 3.06. The van der Waals surface area contributed by atoms with Crippen LogP contribution in [0.1, 0.15) is 21.5 Å². The van der Waals surface area contributed by atoms with Crippen LogP contribution in [0.25, 0.3) is 0 Å². The van der Waals surface area contributed by atoms with Gasteiger partial charge in [0, 0.05) is 23.5 Å². The number of hydrogen-bond acceptors (Lipinski definition) is 3. The standard InChI is InChI=1S/C16H16N2O2/c1-10-8-13(19)3-5-14(10)18-16(20)12-2-4-15-11(9-12)6-7-17-15/h2-5,8-9,17,19H,6-7H2,1H3,(H,18,20).